The topological polar surface area (TPSA) is 38.7 Å². The van der Waals surface area contributed by atoms with Gasteiger partial charge in [0.15, 0.2) is 0 Å². The number of hydrogen-bond acceptors (Lipinski definition) is 3. The minimum Gasteiger partial charge on any atom is -0.244 e. The van der Waals surface area contributed by atoms with Gasteiger partial charge in [0.05, 0.1) is 16.9 Å². The smallest absolute Gasteiger partial charge is 0.223 e. The van der Waals surface area contributed by atoms with Gasteiger partial charge >= 0.3 is 0 Å². The van der Waals surface area contributed by atoms with Crippen LogP contribution in [0.3, 0.4) is 0 Å². The van der Waals surface area contributed by atoms with E-state index in [-0.39, 0.29) is 11.1 Å². The van der Waals surface area contributed by atoms with Crippen molar-refractivity contribution in [2.24, 2.45) is 0 Å². The third kappa shape index (κ3) is 2.36. The van der Waals surface area contributed by atoms with Gasteiger partial charge in [-0.05, 0) is 60.8 Å². The number of pyridine rings is 1. The molecule has 21 heavy (non-hydrogen) atoms. The average molecular weight is 300 g/mol. The molecule has 0 atom stereocenters. The first-order valence-corrected chi connectivity index (χ1v) is 7.18. The van der Waals surface area contributed by atoms with Crippen LogP contribution in [0.15, 0.2) is 36.4 Å². The summed E-state index contributed by atoms with van der Waals surface area (Å²) in [7, 11) is 0. The number of nitrogens with zero attached hydrogens (tertiary/aromatic N) is 3. The van der Waals surface area contributed by atoms with Crippen molar-refractivity contribution in [3.8, 4) is 11.3 Å². The van der Waals surface area contributed by atoms with Gasteiger partial charge in [0.25, 0.3) is 0 Å². The number of rotatable bonds is 2. The molecule has 1 aliphatic rings. The van der Waals surface area contributed by atoms with E-state index in [9.17, 15) is 4.39 Å². The van der Waals surface area contributed by atoms with Gasteiger partial charge in [-0.1, -0.05) is 0 Å². The summed E-state index contributed by atoms with van der Waals surface area (Å²) in [5.41, 5.74) is 4.13. The number of fused-ring (bicyclic) bond motifs is 1. The fourth-order valence-electron chi connectivity index (χ4n) is 2.43. The van der Waals surface area contributed by atoms with Crippen LogP contribution in [0.25, 0.3) is 22.3 Å². The van der Waals surface area contributed by atoms with Crippen LogP contribution in [0, 0.1) is 5.82 Å². The Balaban J connectivity index is 1.90. The van der Waals surface area contributed by atoms with Gasteiger partial charge in [-0.25, -0.2) is 19.3 Å². The van der Waals surface area contributed by atoms with E-state index >= 15 is 0 Å². The van der Waals surface area contributed by atoms with Gasteiger partial charge < -0.3 is 0 Å². The SMILES string of the molecule is Fc1ccc(-c2ccc3nc(Cl)nc(C4CC4)c3n2)cc1. The summed E-state index contributed by atoms with van der Waals surface area (Å²) in [5, 5.41) is 0.265. The molecular formula is C16H11ClFN3. The van der Waals surface area contributed by atoms with Crippen LogP contribution in [-0.2, 0) is 0 Å². The molecule has 0 unspecified atom stereocenters. The van der Waals surface area contributed by atoms with Crippen LogP contribution >= 0.6 is 11.6 Å². The Morgan fingerprint density at radius 1 is 0.952 bits per heavy atom. The number of benzene rings is 1. The van der Waals surface area contributed by atoms with Gasteiger partial charge in [-0.2, -0.15) is 0 Å². The van der Waals surface area contributed by atoms with Crippen molar-refractivity contribution >= 4 is 22.6 Å². The molecule has 3 aromatic rings. The minimum absolute atomic E-state index is 0.256. The van der Waals surface area contributed by atoms with Crippen LogP contribution in [0.4, 0.5) is 4.39 Å². The second-order valence-electron chi connectivity index (χ2n) is 5.22. The molecule has 3 nitrogen and oxygen atoms in total. The largest absolute Gasteiger partial charge is 0.244 e. The minimum atomic E-state index is -0.256. The summed E-state index contributed by atoms with van der Waals surface area (Å²) in [6.45, 7) is 0. The summed E-state index contributed by atoms with van der Waals surface area (Å²) < 4.78 is 13.0. The van der Waals surface area contributed by atoms with Gasteiger partial charge in [-0.15, -0.1) is 0 Å². The fourth-order valence-corrected chi connectivity index (χ4v) is 2.61. The number of halogens is 2. The van der Waals surface area contributed by atoms with E-state index in [1.165, 1.54) is 12.1 Å². The molecular weight excluding hydrogens is 289 g/mol. The molecule has 104 valence electrons. The van der Waals surface area contributed by atoms with Gasteiger partial charge in [0.2, 0.25) is 5.28 Å². The molecule has 1 aliphatic carbocycles. The van der Waals surface area contributed by atoms with E-state index in [0.29, 0.717) is 5.92 Å². The summed E-state index contributed by atoms with van der Waals surface area (Å²) >= 11 is 5.98. The number of aromatic nitrogens is 3. The molecule has 0 radical (unpaired) electrons. The summed E-state index contributed by atoms with van der Waals surface area (Å²) in [5.74, 6) is 0.178. The van der Waals surface area contributed by atoms with Crippen molar-refractivity contribution in [2.45, 2.75) is 18.8 Å². The predicted octanol–water partition coefficient (Wildman–Crippen LogP) is 4.36. The summed E-state index contributed by atoms with van der Waals surface area (Å²) in [6, 6.07) is 10.1. The Bertz CT molecular complexity index is 829. The van der Waals surface area contributed by atoms with Crippen LogP contribution in [0.5, 0.6) is 0 Å². The Hall–Kier alpha value is -2.07. The molecule has 5 heteroatoms. The highest BCUT2D eigenvalue weighted by atomic mass is 35.5. The molecule has 0 bridgehead atoms. The van der Waals surface area contributed by atoms with Crippen molar-refractivity contribution in [1.82, 2.24) is 15.0 Å². The van der Waals surface area contributed by atoms with E-state index in [0.717, 1.165) is 40.8 Å². The second kappa shape index (κ2) is 4.74. The zero-order valence-electron chi connectivity index (χ0n) is 11.1. The van der Waals surface area contributed by atoms with Crippen LogP contribution in [-0.4, -0.2) is 15.0 Å². The quantitative estimate of drug-likeness (QED) is 0.660. The zero-order chi connectivity index (χ0) is 14.4. The third-order valence-electron chi connectivity index (χ3n) is 3.65. The van der Waals surface area contributed by atoms with Gasteiger partial charge in [0, 0.05) is 11.5 Å². The lowest BCUT2D eigenvalue weighted by Crippen LogP contribution is -1.97. The standard InChI is InChI=1S/C16H11ClFN3/c17-16-20-13-8-7-12(9-3-5-11(18)6-4-9)19-15(13)14(21-16)10-1-2-10/h3-8,10H,1-2H2. The van der Waals surface area contributed by atoms with E-state index in [1.807, 2.05) is 12.1 Å². The first-order valence-electron chi connectivity index (χ1n) is 6.81. The van der Waals surface area contributed by atoms with E-state index in [4.69, 9.17) is 11.6 Å². The maximum Gasteiger partial charge on any atom is 0.223 e. The van der Waals surface area contributed by atoms with Gasteiger partial charge in [-0.3, -0.25) is 0 Å². The fraction of sp³-hybridized carbons (Fsp3) is 0.188. The van der Waals surface area contributed by atoms with Crippen molar-refractivity contribution in [2.75, 3.05) is 0 Å². The normalized spacial score (nSPS) is 14.6. The summed E-state index contributed by atoms with van der Waals surface area (Å²) in [6.07, 6.45) is 2.23. The molecule has 4 rings (SSSR count). The van der Waals surface area contributed by atoms with Crippen molar-refractivity contribution < 1.29 is 4.39 Å². The molecule has 1 saturated carbocycles. The first-order chi connectivity index (χ1) is 10.2. The lowest BCUT2D eigenvalue weighted by molar-refractivity contribution is 0.628. The van der Waals surface area contributed by atoms with Crippen molar-refractivity contribution in [3.05, 3.63) is 53.2 Å². The van der Waals surface area contributed by atoms with Crippen LogP contribution in [0.2, 0.25) is 5.28 Å². The Morgan fingerprint density at radius 3 is 2.43 bits per heavy atom. The van der Waals surface area contributed by atoms with Gasteiger partial charge in [0.1, 0.15) is 11.3 Å². The third-order valence-corrected chi connectivity index (χ3v) is 3.82. The second-order valence-corrected chi connectivity index (χ2v) is 5.56. The van der Waals surface area contributed by atoms with Crippen LogP contribution in [0.1, 0.15) is 24.5 Å². The maximum absolute atomic E-state index is 13.0. The molecule has 0 saturated heterocycles. The molecule has 0 spiro atoms. The van der Waals surface area contributed by atoms with E-state index < -0.39 is 0 Å². The maximum atomic E-state index is 13.0. The highest BCUT2D eigenvalue weighted by Gasteiger charge is 2.28. The van der Waals surface area contributed by atoms with Crippen molar-refractivity contribution in [1.29, 1.82) is 0 Å². The van der Waals surface area contributed by atoms with Crippen molar-refractivity contribution in [3.63, 3.8) is 0 Å². The average Bonchev–Trinajstić information content (AvgIpc) is 3.31. The molecule has 1 fully saturated rings. The Kier molecular flexibility index (Phi) is 2.86. The Labute approximate surface area is 125 Å². The Morgan fingerprint density at radius 2 is 1.71 bits per heavy atom. The predicted molar refractivity (Wildman–Crippen MR) is 79.7 cm³/mol. The molecule has 0 amide bonds. The van der Waals surface area contributed by atoms with Crippen LogP contribution < -0.4 is 0 Å². The highest BCUT2D eigenvalue weighted by Crippen LogP contribution is 2.41. The highest BCUT2D eigenvalue weighted by molar-refractivity contribution is 6.28. The molecule has 2 heterocycles. The van der Waals surface area contributed by atoms with E-state index in [1.54, 1.807) is 12.1 Å². The lowest BCUT2D eigenvalue weighted by Gasteiger charge is -2.07. The molecule has 1 aromatic carbocycles. The molecule has 0 N–H and O–H groups in total. The zero-order valence-corrected chi connectivity index (χ0v) is 11.8. The van der Waals surface area contributed by atoms with E-state index in [2.05, 4.69) is 15.0 Å². The summed E-state index contributed by atoms with van der Waals surface area (Å²) in [4.78, 5) is 13.2. The number of hydrogen-bond donors (Lipinski definition) is 0. The first kappa shape index (κ1) is 12.7. The monoisotopic (exact) mass is 299 g/mol. The lowest BCUT2D eigenvalue weighted by atomic mass is 10.1. The molecule has 2 aromatic heterocycles. The molecule has 0 aliphatic heterocycles.